The summed E-state index contributed by atoms with van der Waals surface area (Å²) in [5.41, 5.74) is 1.80. The highest BCUT2D eigenvalue weighted by atomic mass is 32.2. The number of nitrogens with zero attached hydrogens (tertiary/aromatic N) is 3. The van der Waals surface area contributed by atoms with E-state index in [1.807, 2.05) is 61.5 Å². The summed E-state index contributed by atoms with van der Waals surface area (Å²) in [5.74, 6) is -0.411. The first-order valence-electron chi connectivity index (χ1n) is 11.1. The largest absolute Gasteiger partial charge is 0.320 e. The van der Waals surface area contributed by atoms with Crippen molar-refractivity contribution in [3.63, 3.8) is 0 Å². The molecule has 3 aromatic carbocycles. The number of piperidine rings is 1. The second-order valence-electron chi connectivity index (χ2n) is 8.48. The van der Waals surface area contributed by atoms with Crippen LogP contribution in [-0.2, 0) is 10.0 Å². The summed E-state index contributed by atoms with van der Waals surface area (Å²) < 4.78 is 28.3. The molecule has 1 amide bonds. The minimum atomic E-state index is -3.64. The molecule has 0 radical (unpaired) electrons. The van der Waals surface area contributed by atoms with Crippen molar-refractivity contribution in [3.05, 3.63) is 82.3 Å². The van der Waals surface area contributed by atoms with Gasteiger partial charge in [-0.25, -0.2) is 8.42 Å². The van der Waals surface area contributed by atoms with E-state index in [0.29, 0.717) is 28.7 Å². The second kappa shape index (κ2) is 9.25. The molecule has 174 valence electrons. The fraction of sp³-hybridized carbons (Fsp3) is 0.240. The van der Waals surface area contributed by atoms with Crippen LogP contribution in [0.2, 0.25) is 0 Å². The molecule has 1 aliphatic rings. The van der Waals surface area contributed by atoms with Gasteiger partial charge < -0.3 is 5.32 Å². The van der Waals surface area contributed by atoms with Gasteiger partial charge in [-0.1, -0.05) is 59.4 Å². The van der Waals surface area contributed by atoms with Gasteiger partial charge in [0.05, 0.1) is 4.90 Å². The molecule has 0 bridgehead atoms. The highest BCUT2D eigenvalue weighted by Crippen LogP contribution is 2.32. The summed E-state index contributed by atoms with van der Waals surface area (Å²) in [4.78, 5) is 12.9. The van der Waals surface area contributed by atoms with Crippen molar-refractivity contribution in [1.29, 1.82) is 0 Å². The monoisotopic (exact) mass is 492 g/mol. The topological polar surface area (TPSA) is 92.3 Å². The van der Waals surface area contributed by atoms with Gasteiger partial charge in [0.2, 0.25) is 15.0 Å². The Morgan fingerprint density at radius 1 is 1.03 bits per heavy atom. The molecule has 9 heteroatoms. The molecule has 0 spiro atoms. The zero-order valence-corrected chi connectivity index (χ0v) is 20.3. The van der Waals surface area contributed by atoms with Gasteiger partial charge >= 0.3 is 0 Å². The van der Waals surface area contributed by atoms with Gasteiger partial charge in [-0.3, -0.25) is 4.79 Å². The zero-order chi connectivity index (χ0) is 23.7. The number of anilines is 1. The van der Waals surface area contributed by atoms with Crippen LogP contribution in [0.1, 0.15) is 39.1 Å². The van der Waals surface area contributed by atoms with Crippen LogP contribution in [0.25, 0.3) is 10.8 Å². The number of sulfonamides is 1. The third-order valence-electron chi connectivity index (χ3n) is 6.04. The minimum absolute atomic E-state index is 0.0950. The Balaban J connectivity index is 1.31. The van der Waals surface area contributed by atoms with Crippen LogP contribution in [0.4, 0.5) is 5.69 Å². The normalized spacial score (nSPS) is 17.0. The van der Waals surface area contributed by atoms with Crippen LogP contribution in [0.15, 0.2) is 71.6 Å². The fourth-order valence-corrected chi connectivity index (χ4v) is 6.58. The third-order valence-corrected chi connectivity index (χ3v) is 8.98. The number of aromatic nitrogens is 2. The van der Waals surface area contributed by atoms with Crippen molar-refractivity contribution in [2.24, 2.45) is 0 Å². The number of fused-ring (bicyclic) bond motifs is 1. The zero-order valence-electron chi connectivity index (χ0n) is 18.6. The highest BCUT2D eigenvalue weighted by molar-refractivity contribution is 7.89. The smallest absolute Gasteiger partial charge is 0.286 e. The van der Waals surface area contributed by atoms with Crippen LogP contribution in [0, 0.1) is 6.92 Å². The number of amides is 1. The van der Waals surface area contributed by atoms with Crippen LogP contribution in [0.5, 0.6) is 0 Å². The van der Waals surface area contributed by atoms with E-state index in [0.717, 1.165) is 29.2 Å². The van der Waals surface area contributed by atoms with Crippen molar-refractivity contribution >= 4 is 43.7 Å². The summed E-state index contributed by atoms with van der Waals surface area (Å²) in [5, 5.41) is 14.0. The Bertz CT molecular complexity index is 1450. The van der Waals surface area contributed by atoms with E-state index in [4.69, 9.17) is 0 Å². The molecular weight excluding hydrogens is 468 g/mol. The molecule has 7 nitrogen and oxygen atoms in total. The Morgan fingerprint density at radius 2 is 1.79 bits per heavy atom. The Kier molecular flexibility index (Phi) is 6.16. The molecule has 1 aromatic heterocycles. The lowest BCUT2D eigenvalue weighted by Gasteiger charge is -2.30. The van der Waals surface area contributed by atoms with Crippen molar-refractivity contribution < 1.29 is 13.2 Å². The van der Waals surface area contributed by atoms with Gasteiger partial charge in [-0.05, 0) is 54.8 Å². The molecule has 1 aliphatic heterocycles. The van der Waals surface area contributed by atoms with Crippen molar-refractivity contribution in [3.8, 4) is 0 Å². The lowest BCUT2D eigenvalue weighted by Crippen LogP contribution is -2.39. The summed E-state index contributed by atoms with van der Waals surface area (Å²) in [6, 6.07) is 20.5. The molecule has 5 rings (SSSR count). The lowest BCUT2D eigenvalue weighted by atomic mass is 10.0. The maximum absolute atomic E-state index is 13.4. The number of hydrogen-bond acceptors (Lipinski definition) is 6. The number of aryl methyl sites for hydroxylation is 1. The molecule has 0 saturated carbocycles. The van der Waals surface area contributed by atoms with Crippen LogP contribution < -0.4 is 5.32 Å². The molecule has 1 fully saturated rings. The summed E-state index contributed by atoms with van der Waals surface area (Å²) in [6.07, 6.45) is 1.53. The van der Waals surface area contributed by atoms with Crippen LogP contribution in [0.3, 0.4) is 0 Å². The SMILES string of the molecule is Cc1ccc(NC(=O)c2nnc([C@H]3CCCN(S(=O)(=O)c4ccc5ccccc5c4)C3)s2)cc1. The predicted octanol–water partition coefficient (Wildman–Crippen LogP) is 4.82. The maximum Gasteiger partial charge on any atom is 0.286 e. The molecule has 34 heavy (non-hydrogen) atoms. The van der Waals surface area contributed by atoms with E-state index in [-0.39, 0.29) is 16.8 Å². The highest BCUT2D eigenvalue weighted by Gasteiger charge is 2.33. The quantitative estimate of drug-likeness (QED) is 0.431. The van der Waals surface area contributed by atoms with Gasteiger partial charge in [-0.15, -0.1) is 10.2 Å². The Morgan fingerprint density at radius 3 is 2.59 bits per heavy atom. The standard InChI is InChI=1S/C25H24N4O3S2/c1-17-8-11-21(12-9-17)26-23(30)25-28-27-24(33-25)20-7-4-14-29(16-20)34(31,32)22-13-10-18-5-2-3-6-19(18)15-22/h2-3,5-6,8-13,15,20H,4,7,14,16H2,1H3,(H,26,30)/t20-/m0/s1. The number of benzene rings is 3. The Labute approximate surface area is 202 Å². The average molecular weight is 493 g/mol. The molecule has 0 aliphatic carbocycles. The fourth-order valence-electron chi connectivity index (χ4n) is 4.15. The molecule has 2 heterocycles. The van der Waals surface area contributed by atoms with E-state index >= 15 is 0 Å². The van der Waals surface area contributed by atoms with E-state index in [1.54, 1.807) is 12.1 Å². The summed E-state index contributed by atoms with van der Waals surface area (Å²) in [6.45, 7) is 2.77. The first-order chi connectivity index (χ1) is 16.4. The number of nitrogens with one attached hydrogen (secondary N) is 1. The van der Waals surface area contributed by atoms with E-state index in [1.165, 1.54) is 15.6 Å². The van der Waals surface area contributed by atoms with Gasteiger partial charge in [0.15, 0.2) is 0 Å². The minimum Gasteiger partial charge on any atom is -0.320 e. The number of rotatable bonds is 5. The first-order valence-corrected chi connectivity index (χ1v) is 13.4. The number of hydrogen-bond donors (Lipinski definition) is 1. The molecular formula is C25H24N4O3S2. The summed E-state index contributed by atoms with van der Waals surface area (Å²) >= 11 is 1.22. The van der Waals surface area contributed by atoms with Crippen molar-refractivity contribution in [2.45, 2.75) is 30.6 Å². The van der Waals surface area contributed by atoms with Gasteiger partial charge in [0, 0.05) is 24.7 Å². The number of carbonyl (C=O) groups is 1. The number of carbonyl (C=O) groups excluding carboxylic acids is 1. The molecule has 4 aromatic rings. The molecule has 1 N–H and O–H groups in total. The lowest BCUT2D eigenvalue weighted by molar-refractivity contribution is 0.102. The van der Waals surface area contributed by atoms with Crippen molar-refractivity contribution in [2.75, 3.05) is 18.4 Å². The van der Waals surface area contributed by atoms with E-state index in [2.05, 4.69) is 15.5 Å². The van der Waals surface area contributed by atoms with Gasteiger partial charge in [-0.2, -0.15) is 4.31 Å². The van der Waals surface area contributed by atoms with Crippen molar-refractivity contribution in [1.82, 2.24) is 14.5 Å². The van der Waals surface area contributed by atoms with Crippen LogP contribution in [-0.4, -0.2) is 41.9 Å². The first kappa shape index (κ1) is 22.6. The maximum atomic E-state index is 13.4. The Hall–Kier alpha value is -3.14. The van der Waals surface area contributed by atoms with Gasteiger partial charge in [0.1, 0.15) is 5.01 Å². The van der Waals surface area contributed by atoms with Crippen LogP contribution >= 0.6 is 11.3 Å². The predicted molar refractivity (Wildman–Crippen MR) is 134 cm³/mol. The van der Waals surface area contributed by atoms with E-state index < -0.39 is 10.0 Å². The summed E-state index contributed by atoms with van der Waals surface area (Å²) in [7, 11) is -3.64. The third kappa shape index (κ3) is 4.59. The molecule has 0 unspecified atom stereocenters. The average Bonchev–Trinajstić information content (AvgIpc) is 3.36. The molecule has 1 atom stereocenters. The molecule has 1 saturated heterocycles. The van der Waals surface area contributed by atoms with Gasteiger partial charge in [0.25, 0.3) is 5.91 Å². The second-order valence-corrected chi connectivity index (χ2v) is 11.4. The van der Waals surface area contributed by atoms with E-state index in [9.17, 15) is 13.2 Å².